The fourth-order valence-corrected chi connectivity index (χ4v) is 2.89. The zero-order valence-corrected chi connectivity index (χ0v) is 9.86. The molecule has 1 aromatic rings. The van der Waals surface area contributed by atoms with Crippen molar-refractivity contribution >= 4 is 0 Å². The Labute approximate surface area is 97.2 Å². The molecule has 2 aliphatic rings. The molecule has 1 saturated heterocycles. The Morgan fingerprint density at radius 1 is 1.19 bits per heavy atom. The summed E-state index contributed by atoms with van der Waals surface area (Å²) < 4.78 is 5.41. The smallest absolute Gasteiger partial charge is 0.0594 e. The molecule has 2 heteroatoms. The normalized spacial score (nSPS) is 34.9. The maximum atomic E-state index is 5.41. The minimum absolute atomic E-state index is 0.387. The predicted octanol–water partition coefficient (Wildman–Crippen LogP) is 2.05. The van der Waals surface area contributed by atoms with Crippen LogP contribution in [-0.2, 0) is 10.2 Å². The summed E-state index contributed by atoms with van der Waals surface area (Å²) in [6.45, 7) is 6.41. The highest BCUT2D eigenvalue weighted by Crippen LogP contribution is 2.51. The van der Waals surface area contributed by atoms with Gasteiger partial charge in [-0.25, -0.2) is 0 Å². The summed E-state index contributed by atoms with van der Waals surface area (Å²) in [5.74, 6) is 0. The van der Waals surface area contributed by atoms with E-state index >= 15 is 0 Å². The first-order chi connectivity index (χ1) is 7.81. The minimum Gasteiger partial charge on any atom is -0.379 e. The van der Waals surface area contributed by atoms with Crippen LogP contribution in [0.15, 0.2) is 30.3 Å². The first kappa shape index (κ1) is 10.3. The van der Waals surface area contributed by atoms with Gasteiger partial charge in [0.25, 0.3) is 0 Å². The molecule has 16 heavy (non-hydrogen) atoms. The molecular formula is C14H19NO. The van der Waals surface area contributed by atoms with Gasteiger partial charge in [0.05, 0.1) is 13.2 Å². The Bertz CT molecular complexity index is 358. The first-order valence-electron chi connectivity index (χ1n) is 6.18. The Balaban J connectivity index is 1.73. The molecule has 0 N–H and O–H groups in total. The number of morpholine rings is 1. The molecule has 3 rings (SSSR count). The second kappa shape index (κ2) is 3.86. The quantitative estimate of drug-likeness (QED) is 0.751. The fraction of sp³-hybridized carbons (Fsp3) is 0.571. The Morgan fingerprint density at radius 2 is 1.88 bits per heavy atom. The van der Waals surface area contributed by atoms with Gasteiger partial charge in [-0.15, -0.1) is 0 Å². The van der Waals surface area contributed by atoms with Crippen LogP contribution in [0.4, 0.5) is 0 Å². The molecule has 0 aromatic heterocycles. The molecule has 0 bridgehead atoms. The van der Waals surface area contributed by atoms with E-state index in [1.807, 2.05) is 0 Å². The average molecular weight is 217 g/mol. The van der Waals surface area contributed by atoms with Gasteiger partial charge in [-0.1, -0.05) is 37.3 Å². The van der Waals surface area contributed by atoms with Crippen molar-refractivity contribution in [1.82, 2.24) is 4.90 Å². The highest BCUT2D eigenvalue weighted by molar-refractivity contribution is 5.35. The molecule has 1 aliphatic carbocycles. The minimum atomic E-state index is 0.387. The SMILES string of the molecule is C[C@@]1(c2ccccc2)C[C@H]1N1CCOCC1. The van der Waals surface area contributed by atoms with Crippen molar-refractivity contribution in [3.8, 4) is 0 Å². The molecule has 0 amide bonds. The zero-order valence-electron chi connectivity index (χ0n) is 9.86. The molecule has 0 radical (unpaired) electrons. The van der Waals surface area contributed by atoms with E-state index in [1.165, 1.54) is 12.0 Å². The zero-order chi connectivity index (χ0) is 11.0. The van der Waals surface area contributed by atoms with Crippen LogP contribution in [0.1, 0.15) is 18.9 Å². The molecule has 2 nitrogen and oxygen atoms in total. The van der Waals surface area contributed by atoms with E-state index in [9.17, 15) is 0 Å². The highest BCUT2D eigenvalue weighted by Gasteiger charge is 2.54. The van der Waals surface area contributed by atoms with E-state index in [2.05, 4.69) is 42.2 Å². The van der Waals surface area contributed by atoms with Crippen LogP contribution in [-0.4, -0.2) is 37.2 Å². The van der Waals surface area contributed by atoms with Crippen LogP contribution in [0.3, 0.4) is 0 Å². The van der Waals surface area contributed by atoms with Crippen LogP contribution >= 0.6 is 0 Å². The molecule has 1 aromatic carbocycles. The van der Waals surface area contributed by atoms with Gasteiger partial charge in [0.2, 0.25) is 0 Å². The summed E-state index contributed by atoms with van der Waals surface area (Å²) in [5, 5.41) is 0. The van der Waals surface area contributed by atoms with Gasteiger partial charge in [-0.3, -0.25) is 4.90 Å². The molecule has 1 aliphatic heterocycles. The molecule has 0 spiro atoms. The van der Waals surface area contributed by atoms with Crippen molar-refractivity contribution in [2.45, 2.75) is 24.8 Å². The number of rotatable bonds is 2. The highest BCUT2D eigenvalue weighted by atomic mass is 16.5. The molecule has 0 unspecified atom stereocenters. The molecule has 2 atom stereocenters. The standard InChI is InChI=1S/C14H19NO/c1-14(12-5-3-2-4-6-12)11-13(14)15-7-9-16-10-8-15/h2-6,13H,7-11H2,1H3/t13-,14+/m1/s1. The van der Waals surface area contributed by atoms with Gasteiger partial charge in [0, 0.05) is 24.5 Å². The predicted molar refractivity (Wildman–Crippen MR) is 64.6 cm³/mol. The number of hydrogen-bond donors (Lipinski definition) is 0. The van der Waals surface area contributed by atoms with Crippen molar-refractivity contribution in [2.24, 2.45) is 0 Å². The summed E-state index contributed by atoms with van der Waals surface area (Å²) in [7, 11) is 0. The van der Waals surface area contributed by atoms with Crippen molar-refractivity contribution in [1.29, 1.82) is 0 Å². The molecular weight excluding hydrogens is 198 g/mol. The van der Waals surface area contributed by atoms with Gasteiger partial charge < -0.3 is 4.74 Å². The number of hydrogen-bond acceptors (Lipinski definition) is 2. The largest absolute Gasteiger partial charge is 0.379 e. The lowest BCUT2D eigenvalue weighted by molar-refractivity contribution is 0.0308. The van der Waals surface area contributed by atoms with Crippen molar-refractivity contribution in [2.75, 3.05) is 26.3 Å². The lowest BCUT2D eigenvalue weighted by atomic mass is 9.97. The molecule has 86 valence electrons. The summed E-state index contributed by atoms with van der Waals surface area (Å²) in [6.07, 6.45) is 1.30. The second-order valence-corrected chi connectivity index (χ2v) is 5.15. The Hall–Kier alpha value is -0.860. The van der Waals surface area contributed by atoms with Gasteiger partial charge in [0.1, 0.15) is 0 Å². The van der Waals surface area contributed by atoms with Crippen LogP contribution in [0, 0.1) is 0 Å². The number of benzene rings is 1. The van der Waals surface area contributed by atoms with E-state index in [1.54, 1.807) is 0 Å². The fourth-order valence-electron chi connectivity index (χ4n) is 2.89. The van der Waals surface area contributed by atoms with Gasteiger partial charge in [0.15, 0.2) is 0 Å². The van der Waals surface area contributed by atoms with E-state index in [0.717, 1.165) is 32.3 Å². The summed E-state index contributed by atoms with van der Waals surface area (Å²) in [4.78, 5) is 2.59. The molecule has 1 heterocycles. The van der Waals surface area contributed by atoms with E-state index in [0.29, 0.717) is 5.41 Å². The molecule has 2 fully saturated rings. The maximum Gasteiger partial charge on any atom is 0.0594 e. The Morgan fingerprint density at radius 3 is 2.56 bits per heavy atom. The second-order valence-electron chi connectivity index (χ2n) is 5.15. The third-order valence-corrected chi connectivity index (χ3v) is 4.11. The Kier molecular flexibility index (Phi) is 2.49. The maximum absolute atomic E-state index is 5.41. The van der Waals surface area contributed by atoms with Crippen LogP contribution in [0.5, 0.6) is 0 Å². The van der Waals surface area contributed by atoms with Gasteiger partial charge in [-0.05, 0) is 12.0 Å². The van der Waals surface area contributed by atoms with Crippen molar-refractivity contribution < 1.29 is 4.74 Å². The van der Waals surface area contributed by atoms with Crippen molar-refractivity contribution in [3.05, 3.63) is 35.9 Å². The van der Waals surface area contributed by atoms with Gasteiger partial charge in [-0.2, -0.15) is 0 Å². The van der Waals surface area contributed by atoms with Crippen molar-refractivity contribution in [3.63, 3.8) is 0 Å². The topological polar surface area (TPSA) is 12.5 Å². The van der Waals surface area contributed by atoms with Gasteiger partial charge >= 0.3 is 0 Å². The summed E-state index contributed by atoms with van der Waals surface area (Å²) in [5.41, 5.74) is 1.88. The van der Waals surface area contributed by atoms with Crippen LogP contribution in [0.25, 0.3) is 0 Å². The lowest BCUT2D eigenvalue weighted by Crippen LogP contribution is -2.40. The van der Waals surface area contributed by atoms with E-state index in [-0.39, 0.29) is 0 Å². The van der Waals surface area contributed by atoms with Crippen LogP contribution < -0.4 is 0 Å². The third kappa shape index (κ3) is 1.66. The lowest BCUT2D eigenvalue weighted by Gasteiger charge is -2.29. The summed E-state index contributed by atoms with van der Waals surface area (Å²) >= 11 is 0. The van der Waals surface area contributed by atoms with E-state index < -0.39 is 0 Å². The van der Waals surface area contributed by atoms with Crippen LogP contribution in [0.2, 0.25) is 0 Å². The number of nitrogens with zero attached hydrogens (tertiary/aromatic N) is 1. The van der Waals surface area contributed by atoms with E-state index in [4.69, 9.17) is 4.74 Å². The monoisotopic (exact) mass is 217 g/mol. The number of ether oxygens (including phenoxy) is 1. The average Bonchev–Trinajstić information content (AvgIpc) is 3.06. The third-order valence-electron chi connectivity index (χ3n) is 4.11. The first-order valence-corrected chi connectivity index (χ1v) is 6.18. The molecule has 1 saturated carbocycles. The summed E-state index contributed by atoms with van der Waals surface area (Å²) in [6, 6.07) is 11.7.